The molecule has 1 heterocycles. The van der Waals surface area contributed by atoms with Crippen molar-refractivity contribution in [2.45, 2.75) is 0 Å². The third-order valence-electron chi connectivity index (χ3n) is 3.10. The van der Waals surface area contributed by atoms with Crippen molar-refractivity contribution in [3.05, 3.63) is 45.9 Å². The van der Waals surface area contributed by atoms with Gasteiger partial charge in [0.1, 0.15) is 0 Å². The van der Waals surface area contributed by atoms with Gasteiger partial charge < -0.3 is 10.7 Å². The number of nitriles is 1. The number of halogens is 1. The van der Waals surface area contributed by atoms with E-state index in [0.29, 0.717) is 16.6 Å². The van der Waals surface area contributed by atoms with Crippen molar-refractivity contribution >= 4 is 43.6 Å². The van der Waals surface area contributed by atoms with Crippen LogP contribution in [0.15, 0.2) is 34.8 Å². The topological polar surface area (TPSA) is 82.7 Å². The molecule has 0 saturated carbocycles. The van der Waals surface area contributed by atoms with E-state index in [4.69, 9.17) is 11.0 Å². The number of fused-ring (bicyclic) bond motifs is 3. The van der Waals surface area contributed by atoms with Crippen LogP contribution in [0.4, 0.5) is 0 Å². The normalized spacial score (nSPS) is 10.7. The maximum atomic E-state index is 11.5. The summed E-state index contributed by atoms with van der Waals surface area (Å²) < 4.78 is 0.878. The molecule has 0 spiro atoms. The summed E-state index contributed by atoms with van der Waals surface area (Å²) in [6.45, 7) is 0. The molecule has 3 N–H and O–H groups in total. The molecular weight excluding hydrogens is 306 g/mol. The van der Waals surface area contributed by atoms with Crippen molar-refractivity contribution in [1.29, 1.82) is 5.26 Å². The van der Waals surface area contributed by atoms with Gasteiger partial charge in [-0.1, -0.05) is 22.0 Å². The maximum absolute atomic E-state index is 11.5. The summed E-state index contributed by atoms with van der Waals surface area (Å²) in [5, 5.41) is 10.8. The molecule has 92 valence electrons. The van der Waals surface area contributed by atoms with E-state index in [9.17, 15) is 4.79 Å². The SMILES string of the molecule is N#Cc1ccc2c(c1)[nH]c1c(C(N)=O)ccc(Br)c12. The molecule has 0 aliphatic heterocycles. The lowest BCUT2D eigenvalue weighted by atomic mass is 10.1. The van der Waals surface area contributed by atoms with E-state index in [2.05, 4.69) is 27.0 Å². The smallest absolute Gasteiger partial charge is 0.250 e. The van der Waals surface area contributed by atoms with Crippen molar-refractivity contribution < 1.29 is 4.79 Å². The molecule has 0 fully saturated rings. The van der Waals surface area contributed by atoms with E-state index in [1.54, 1.807) is 24.3 Å². The van der Waals surface area contributed by atoms with E-state index in [1.807, 2.05) is 6.07 Å². The van der Waals surface area contributed by atoms with E-state index in [1.165, 1.54) is 0 Å². The van der Waals surface area contributed by atoms with Crippen molar-refractivity contribution in [3.63, 3.8) is 0 Å². The highest BCUT2D eigenvalue weighted by Gasteiger charge is 2.14. The zero-order chi connectivity index (χ0) is 13.6. The third kappa shape index (κ3) is 1.69. The average Bonchev–Trinajstić information content (AvgIpc) is 2.77. The number of H-pyrrole nitrogens is 1. The van der Waals surface area contributed by atoms with Gasteiger partial charge in [-0.05, 0) is 24.3 Å². The van der Waals surface area contributed by atoms with E-state index in [-0.39, 0.29) is 0 Å². The first-order chi connectivity index (χ1) is 9.11. The fourth-order valence-electron chi connectivity index (χ4n) is 2.25. The van der Waals surface area contributed by atoms with Gasteiger partial charge in [0.15, 0.2) is 0 Å². The number of amides is 1. The van der Waals surface area contributed by atoms with Gasteiger partial charge in [0.05, 0.1) is 22.7 Å². The van der Waals surface area contributed by atoms with Crippen LogP contribution in [0.2, 0.25) is 0 Å². The van der Waals surface area contributed by atoms with Gasteiger partial charge in [-0.15, -0.1) is 0 Å². The number of benzene rings is 2. The molecule has 1 amide bonds. The molecule has 19 heavy (non-hydrogen) atoms. The molecule has 0 atom stereocenters. The minimum absolute atomic E-state index is 0.438. The van der Waals surface area contributed by atoms with Crippen LogP contribution in [0.1, 0.15) is 15.9 Å². The van der Waals surface area contributed by atoms with E-state index >= 15 is 0 Å². The Labute approximate surface area is 116 Å². The molecular formula is C14H8BrN3O. The number of hydrogen-bond donors (Lipinski definition) is 2. The van der Waals surface area contributed by atoms with Crippen LogP contribution in [0, 0.1) is 11.3 Å². The molecule has 1 aromatic heterocycles. The molecule has 0 aliphatic rings. The molecule has 2 aromatic carbocycles. The number of hydrogen-bond acceptors (Lipinski definition) is 2. The zero-order valence-corrected chi connectivity index (χ0v) is 11.3. The first kappa shape index (κ1) is 11.8. The lowest BCUT2D eigenvalue weighted by molar-refractivity contribution is 0.100. The molecule has 5 heteroatoms. The lowest BCUT2D eigenvalue weighted by Gasteiger charge is -2.00. The van der Waals surface area contributed by atoms with Gasteiger partial charge in [-0.3, -0.25) is 4.79 Å². The summed E-state index contributed by atoms with van der Waals surface area (Å²) in [5.74, 6) is -0.482. The predicted octanol–water partition coefficient (Wildman–Crippen LogP) is 3.05. The van der Waals surface area contributed by atoms with Crippen LogP contribution >= 0.6 is 15.9 Å². The van der Waals surface area contributed by atoms with E-state index < -0.39 is 5.91 Å². The number of nitrogens with zero attached hydrogens (tertiary/aromatic N) is 1. The van der Waals surface area contributed by atoms with Crippen LogP contribution in [0.5, 0.6) is 0 Å². The monoisotopic (exact) mass is 313 g/mol. The van der Waals surface area contributed by atoms with Gasteiger partial charge >= 0.3 is 0 Å². The van der Waals surface area contributed by atoms with Crippen LogP contribution in [-0.4, -0.2) is 10.9 Å². The second-order valence-corrected chi connectivity index (χ2v) is 5.06. The van der Waals surface area contributed by atoms with Crippen molar-refractivity contribution in [3.8, 4) is 6.07 Å². The zero-order valence-electron chi connectivity index (χ0n) is 9.70. The van der Waals surface area contributed by atoms with Crippen LogP contribution in [0.3, 0.4) is 0 Å². The molecule has 0 saturated heterocycles. The number of nitrogens with two attached hydrogens (primary N) is 1. The largest absolute Gasteiger partial charge is 0.366 e. The highest BCUT2D eigenvalue weighted by molar-refractivity contribution is 9.10. The number of carbonyl (C=O) groups excluding carboxylic acids is 1. The van der Waals surface area contributed by atoms with Crippen LogP contribution < -0.4 is 5.73 Å². The number of nitrogens with one attached hydrogen (secondary N) is 1. The van der Waals surface area contributed by atoms with Gasteiger partial charge in [-0.25, -0.2) is 0 Å². The number of carbonyl (C=O) groups is 1. The Hall–Kier alpha value is -2.32. The summed E-state index contributed by atoms with van der Waals surface area (Å²) >= 11 is 3.48. The first-order valence-corrected chi connectivity index (χ1v) is 6.35. The molecule has 4 nitrogen and oxygen atoms in total. The Morgan fingerprint density at radius 2 is 2.11 bits per heavy atom. The fraction of sp³-hybridized carbons (Fsp3) is 0. The summed E-state index contributed by atoms with van der Waals surface area (Å²) in [6, 6.07) is 10.9. The summed E-state index contributed by atoms with van der Waals surface area (Å²) in [5.41, 5.74) is 7.88. The standard InChI is InChI=1S/C14H8BrN3O/c15-10-4-3-9(14(17)19)13-12(10)8-2-1-7(6-16)5-11(8)18-13/h1-5,18H,(H2,17,19). The van der Waals surface area contributed by atoms with Gasteiger partial charge in [0.25, 0.3) is 5.91 Å². The van der Waals surface area contributed by atoms with Crippen LogP contribution in [0.25, 0.3) is 21.8 Å². The van der Waals surface area contributed by atoms with Gasteiger partial charge in [0, 0.05) is 20.8 Å². The highest BCUT2D eigenvalue weighted by atomic mass is 79.9. The highest BCUT2D eigenvalue weighted by Crippen LogP contribution is 2.33. The van der Waals surface area contributed by atoms with Gasteiger partial charge in [-0.2, -0.15) is 5.26 Å². The second-order valence-electron chi connectivity index (χ2n) is 4.21. The van der Waals surface area contributed by atoms with Crippen LogP contribution in [-0.2, 0) is 0 Å². The first-order valence-electron chi connectivity index (χ1n) is 5.55. The Bertz CT molecular complexity index is 874. The Morgan fingerprint density at radius 3 is 2.79 bits per heavy atom. The van der Waals surface area contributed by atoms with Crippen molar-refractivity contribution in [1.82, 2.24) is 4.98 Å². The molecule has 3 aromatic rings. The number of aromatic nitrogens is 1. The molecule has 0 aliphatic carbocycles. The summed E-state index contributed by atoms with van der Waals surface area (Å²) in [4.78, 5) is 14.6. The second kappa shape index (κ2) is 4.11. The lowest BCUT2D eigenvalue weighted by Crippen LogP contribution is -2.11. The third-order valence-corrected chi connectivity index (χ3v) is 3.76. The minimum Gasteiger partial charge on any atom is -0.366 e. The molecule has 3 rings (SSSR count). The molecule has 0 radical (unpaired) electrons. The summed E-state index contributed by atoms with van der Waals surface area (Å²) in [6.07, 6.45) is 0. The quantitative estimate of drug-likeness (QED) is 0.723. The summed E-state index contributed by atoms with van der Waals surface area (Å²) in [7, 11) is 0. The number of rotatable bonds is 1. The average molecular weight is 314 g/mol. The minimum atomic E-state index is -0.482. The predicted molar refractivity (Wildman–Crippen MR) is 76.7 cm³/mol. The molecule has 0 bridgehead atoms. The number of primary amides is 1. The molecule has 0 unspecified atom stereocenters. The number of aromatic amines is 1. The fourth-order valence-corrected chi connectivity index (χ4v) is 2.79. The maximum Gasteiger partial charge on any atom is 0.250 e. The van der Waals surface area contributed by atoms with Crippen molar-refractivity contribution in [2.24, 2.45) is 5.73 Å². The Balaban J connectivity index is 2.52. The Kier molecular flexibility index (Phi) is 2.54. The van der Waals surface area contributed by atoms with Gasteiger partial charge in [0.2, 0.25) is 0 Å². The van der Waals surface area contributed by atoms with Crippen molar-refractivity contribution in [2.75, 3.05) is 0 Å². The van der Waals surface area contributed by atoms with E-state index in [0.717, 1.165) is 20.8 Å². The Morgan fingerprint density at radius 1 is 1.32 bits per heavy atom.